The first-order chi connectivity index (χ1) is 6.33. The third-order valence-electron chi connectivity index (χ3n) is 1.83. The second-order valence-electron chi connectivity index (χ2n) is 2.60. The Kier molecular flexibility index (Phi) is 1.71. The predicted octanol–water partition coefficient (Wildman–Crippen LogP) is 0.295. The van der Waals surface area contributed by atoms with E-state index >= 15 is 0 Å². The van der Waals surface area contributed by atoms with Crippen molar-refractivity contribution < 1.29 is 0 Å². The maximum absolute atomic E-state index is 8.78. The molecule has 1 aromatic heterocycles. The molecule has 0 bridgehead atoms. The van der Waals surface area contributed by atoms with Gasteiger partial charge in [0.1, 0.15) is 20.2 Å². The highest BCUT2D eigenvalue weighted by Gasteiger charge is 2.02. The van der Waals surface area contributed by atoms with Crippen molar-refractivity contribution in [3.05, 3.63) is 30.2 Å². The minimum absolute atomic E-state index is 0.520. The highest BCUT2D eigenvalue weighted by atomic mass is 14.8. The molecule has 1 aromatic carbocycles. The van der Waals surface area contributed by atoms with Gasteiger partial charge in [0.05, 0.1) is 11.1 Å². The third kappa shape index (κ3) is 1.15. The van der Waals surface area contributed by atoms with E-state index in [0.29, 0.717) is 16.5 Å². The summed E-state index contributed by atoms with van der Waals surface area (Å²) in [7, 11) is 5.69. The van der Waals surface area contributed by atoms with Gasteiger partial charge in [-0.25, -0.2) is 9.97 Å². The molecule has 0 unspecified atom stereocenters. The van der Waals surface area contributed by atoms with Crippen molar-refractivity contribution in [2.24, 2.45) is 0 Å². The molecule has 0 aliphatic heterocycles. The summed E-state index contributed by atoms with van der Waals surface area (Å²) >= 11 is 0. The van der Waals surface area contributed by atoms with Crippen molar-refractivity contribution in [3.63, 3.8) is 0 Å². The molecule has 0 spiro atoms. The molecule has 0 saturated carbocycles. The maximum Gasteiger partial charge on any atom is 0.116 e. The molecule has 0 amide bonds. The lowest BCUT2D eigenvalue weighted by molar-refractivity contribution is 1.22. The molecule has 13 heavy (non-hydrogen) atoms. The highest BCUT2D eigenvalue weighted by molar-refractivity contribution is 6.38. The van der Waals surface area contributed by atoms with Gasteiger partial charge in [-0.1, -0.05) is 11.5 Å². The smallest absolute Gasteiger partial charge is 0.116 e. The van der Waals surface area contributed by atoms with Crippen LogP contribution in [0.25, 0.3) is 10.9 Å². The second-order valence-corrected chi connectivity index (χ2v) is 2.60. The average molecular weight is 165 g/mol. The zero-order valence-electron chi connectivity index (χ0n) is 6.73. The third-order valence-corrected chi connectivity index (χ3v) is 1.83. The summed E-state index contributed by atoms with van der Waals surface area (Å²) in [6, 6.07) is 5.39. The van der Waals surface area contributed by atoms with Crippen molar-refractivity contribution in [2.45, 2.75) is 0 Å². The first-order valence-corrected chi connectivity index (χ1v) is 3.71. The fourth-order valence-electron chi connectivity index (χ4n) is 1.19. The topological polar surface area (TPSA) is 49.6 Å². The molecule has 0 N–H and O–H groups in total. The van der Waals surface area contributed by atoms with E-state index in [4.69, 9.17) is 13.1 Å². The van der Waals surface area contributed by atoms with E-state index in [1.807, 2.05) is 0 Å². The summed E-state index contributed by atoms with van der Waals surface area (Å²) < 4.78 is 0. The molecule has 0 fully saturated rings. The van der Waals surface area contributed by atoms with E-state index in [1.54, 1.807) is 18.3 Å². The van der Waals surface area contributed by atoms with Gasteiger partial charge >= 0.3 is 0 Å². The van der Waals surface area contributed by atoms with E-state index < -0.39 is 0 Å². The van der Waals surface area contributed by atoms with Gasteiger partial charge in [-0.3, -0.25) is 0 Å². The number of hydrogen-bond acceptors (Lipinski definition) is 3. The quantitative estimate of drug-likeness (QED) is 0.527. The second kappa shape index (κ2) is 2.87. The molecule has 3 nitrogen and oxygen atoms in total. The molecule has 0 aliphatic carbocycles. The van der Waals surface area contributed by atoms with E-state index in [1.165, 1.54) is 6.33 Å². The van der Waals surface area contributed by atoms with Crippen molar-refractivity contribution in [2.75, 3.05) is 0 Å². The number of benzene rings is 1. The minimum Gasteiger partial charge on any atom is -0.244 e. The van der Waals surface area contributed by atoms with Gasteiger partial charge in [0.15, 0.2) is 0 Å². The number of aromatic nitrogens is 2. The Morgan fingerprint density at radius 2 is 2.23 bits per heavy atom. The van der Waals surface area contributed by atoms with Gasteiger partial charge in [-0.2, -0.15) is 5.26 Å². The van der Waals surface area contributed by atoms with Gasteiger partial charge in [-0.05, 0) is 6.07 Å². The van der Waals surface area contributed by atoms with Crippen LogP contribution in [0.5, 0.6) is 0 Å². The highest BCUT2D eigenvalue weighted by Crippen LogP contribution is 2.10. The SMILES string of the molecule is [B]c1ccc(C#N)c2ncncc12. The molecular formula is C9H4BN3. The number of nitrogens with zero attached hydrogens (tertiary/aromatic N) is 3. The summed E-state index contributed by atoms with van der Waals surface area (Å²) in [6.07, 6.45) is 3.01. The Hall–Kier alpha value is -1.89. The Morgan fingerprint density at radius 3 is 3.00 bits per heavy atom. The molecule has 2 radical (unpaired) electrons. The van der Waals surface area contributed by atoms with E-state index in [0.717, 1.165) is 5.39 Å². The summed E-state index contributed by atoms with van der Waals surface area (Å²) in [5, 5.41) is 9.50. The summed E-state index contributed by atoms with van der Waals surface area (Å²) in [6.45, 7) is 0. The lowest BCUT2D eigenvalue weighted by Crippen LogP contribution is -2.05. The standard InChI is InChI=1S/C9H4BN3/c10-8-2-1-6(3-11)9-7(8)4-12-5-13-9/h1-2,4-5H. The van der Waals surface area contributed by atoms with Gasteiger partial charge < -0.3 is 0 Å². The molecule has 0 atom stereocenters. The van der Waals surface area contributed by atoms with Crippen LogP contribution in [0.1, 0.15) is 5.56 Å². The summed E-state index contributed by atoms with van der Waals surface area (Å²) in [5.74, 6) is 0. The average Bonchev–Trinajstić information content (AvgIpc) is 2.19. The Morgan fingerprint density at radius 1 is 1.38 bits per heavy atom. The van der Waals surface area contributed by atoms with E-state index in [-0.39, 0.29) is 0 Å². The van der Waals surface area contributed by atoms with Crippen LogP contribution in [0, 0.1) is 11.3 Å². The van der Waals surface area contributed by atoms with Crippen LogP contribution in [0.3, 0.4) is 0 Å². The van der Waals surface area contributed by atoms with Crippen LogP contribution in [-0.4, -0.2) is 17.8 Å². The van der Waals surface area contributed by atoms with Gasteiger partial charge in [0, 0.05) is 11.6 Å². The molecule has 2 aromatic rings. The Balaban J connectivity index is 2.95. The first kappa shape index (κ1) is 7.75. The molecule has 1 heterocycles. The Bertz CT molecular complexity index is 502. The first-order valence-electron chi connectivity index (χ1n) is 3.71. The van der Waals surface area contributed by atoms with E-state index in [9.17, 15) is 0 Å². The molecule has 2 rings (SSSR count). The van der Waals surface area contributed by atoms with Crippen LogP contribution in [0.15, 0.2) is 24.7 Å². The molecule has 4 heteroatoms. The molecular weight excluding hydrogens is 161 g/mol. The fraction of sp³-hybridized carbons (Fsp3) is 0. The van der Waals surface area contributed by atoms with Crippen LogP contribution in [-0.2, 0) is 0 Å². The van der Waals surface area contributed by atoms with Crippen molar-refractivity contribution in [1.82, 2.24) is 9.97 Å². The number of rotatable bonds is 0. The van der Waals surface area contributed by atoms with E-state index in [2.05, 4.69) is 16.0 Å². The molecule has 58 valence electrons. The van der Waals surface area contributed by atoms with Crippen molar-refractivity contribution in [1.29, 1.82) is 5.26 Å². The lowest BCUT2D eigenvalue weighted by Gasteiger charge is -2.00. The summed E-state index contributed by atoms with van der Waals surface area (Å²) in [4.78, 5) is 7.85. The zero-order chi connectivity index (χ0) is 9.26. The Labute approximate surface area is 76.5 Å². The zero-order valence-corrected chi connectivity index (χ0v) is 6.73. The van der Waals surface area contributed by atoms with Gasteiger partial charge in [0.2, 0.25) is 0 Å². The van der Waals surface area contributed by atoms with Gasteiger partial charge in [-0.15, -0.1) is 0 Å². The normalized spacial score (nSPS) is 9.77. The minimum atomic E-state index is 0.520. The number of fused-ring (bicyclic) bond motifs is 1. The lowest BCUT2D eigenvalue weighted by atomic mass is 9.91. The van der Waals surface area contributed by atoms with Crippen LogP contribution in [0.2, 0.25) is 0 Å². The van der Waals surface area contributed by atoms with Crippen molar-refractivity contribution in [3.8, 4) is 6.07 Å². The van der Waals surface area contributed by atoms with Crippen LogP contribution < -0.4 is 5.46 Å². The molecule has 0 aliphatic rings. The number of nitriles is 1. The fourth-order valence-corrected chi connectivity index (χ4v) is 1.19. The summed E-state index contributed by atoms with van der Waals surface area (Å²) in [5.41, 5.74) is 1.72. The maximum atomic E-state index is 8.78. The van der Waals surface area contributed by atoms with Crippen molar-refractivity contribution >= 4 is 24.2 Å². The monoisotopic (exact) mass is 165 g/mol. The predicted molar refractivity (Wildman–Crippen MR) is 49.6 cm³/mol. The van der Waals surface area contributed by atoms with Crippen LogP contribution >= 0.6 is 0 Å². The van der Waals surface area contributed by atoms with Gasteiger partial charge in [0.25, 0.3) is 0 Å². The van der Waals surface area contributed by atoms with Crippen LogP contribution in [0.4, 0.5) is 0 Å². The largest absolute Gasteiger partial charge is 0.244 e. The molecule has 0 saturated heterocycles. The number of hydrogen-bond donors (Lipinski definition) is 0.